The van der Waals surface area contributed by atoms with Gasteiger partial charge in [0.15, 0.2) is 0 Å². The summed E-state index contributed by atoms with van der Waals surface area (Å²) in [6.07, 6.45) is 8.08. The molecule has 2 N–H and O–H groups in total. The van der Waals surface area contributed by atoms with E-state index >= 15 is 0 Å². The highest BCUT2D eigenvalue weighted by atomic mass is 16.1. The quantitative estimate of drug-likeness (QED) is 0.754. The fraction of sp³-hybridized carbons (Fsp3) is 0.929. The highest BCUT2D eigenvalue weighted by Gasteiger charge is 2.31. The Morgan fingerprint density at radius 3 is 2.69 bits per heavy atom. The van der Waals surface area contributed by atoms with Crippen molar-refractivity contribution in [1.82, 2.24) is 0 Å². The molecule has 0 aromatic carbocycles. The second-order valence-corrected chi connectivity index (χ2v) is 5.29. The van der Waals surface area contributed by atoms with Gasteiger partial charge in [-0.2, -0.15) is 0 Å². The molecule has 2 nitrogen and oxygen atoms in total. The summed E-state index contributed by atoms with van der Waals surface area (Å²) in [7, 11) is 0. The standard InChI is InChI=1S/C14H27NO/c1-3-12-8-4-5-9-13(12)14(16)11(2)7-6-10-15/h11-13H,3-10,15H2,1-2H3. The summed E-state index contributed by atoms with van der Waals surface area (Å²) in [6, 6.07) is 0. The van der Waals surface area contributed by atoms with Gasteiger partial charge in [-0.15, -0.1) is 0 Å². The molecule has 0 bridgehead atoms. The molecule has 94 valence electrons. The van der Waals surface area contributed by atoms with Crippen LogP contribution in [0.5, 0.6) is 0 Å². The Kier molecular flexibility index (Phi) is 6.04. The van der Waals surface area contributed by atoms with Gasteiger partial charge in [0.1, 0.15) is 5.78 Å². The average molecular weight is 225 g/mol. The summed E-state index contributed by atoms with van der Waals surface area (Å²) in [4.78, 5) is 12.3. The lowest BCUT2D eigenvalue weighted by Gasteiger charge is -2.31. The van der Waals surface area contributed by atoms with Crippen LogP contribution in [0.3, 0.4) is 0 Å². The van der Waals surface area contributed by atoms with Crippen LogP contribution in [-0.2, 0) is 4.79 Å². The van der Waals surface area contributed by atoms with E-state index in [1.54, 1.807) is 0 Å². The van der Waals surface area contributed by atoms with Gasteiger partial charge in [-0.1, -0.05) is 33.1 Å². The summed E-state index contributed by atoms with van der Waals surface area (Å²) < 4.78 is 0. The highest BCUT2D eigenvalue weighted by molar-refractivity contribution is 5.83. The highest BCUT2D eigenvalue weighted by Crippen LogP contribution is 2.34. The maximum atomic E-state index is 12.3. The number of carbonyl (C=O) groups is 1. The van der Waals surface area contributed by atoms with Gasteiger partial charge in [0.25, 0.3) is 0 Å². The minimum Gasteiger partial charge on any atom is -0.330 e. The lowest BCUT2D eigenvalue weighted by molar-refractivity contribution is -0.129. The second-order valence-electron chi connectivity index (χ2n) is 5.29. The molecule has 1 rings (SSSR count). The summed E-state index contributed by atoms with van der Waals surface area (Å²) in [5.41, 5.74) is 5.50. The van der Waals surface area contributed by atoms with Crippen molar-refractivity contribution in [3.8, 4) is 0 Å². The van der Waals surface area contributed by atoms with E-state index in [4.69, 9.17) is 5.73 Å². The third-order valence-corrected chi connectivity index (χ3v) is 4.13. The Hall–Kier alpha value is -0.370. The molecule has 0 heterocycles. The monoisotopic (exact) mass is 225 g/mol. The van der Waals surface area contributed by atoms with Crippen LogP contribution in [0.4, 0.5) is 0 Å². The number of Topliss-reactive ketones (excluding diaryl/α,β-unsaturated/α-hetero) is 1. The third-order valence-electron chi connectivity index (χ3n) is 4.13. The van der Waals surface area contributed by atoms with E-state index in [-0.39, 0.29) is 5.92 Å². The van der Waals surface area contributed by atoms with Gasteiger partial charge >= 0.3 is 0 Å². The van der Waals surface area contributed by atoms with E-state index in [1.807, 2.05) is 0 Å². The van der Waals surface area contributed by atoms with Crippen LogP contribution < -0.4 is 5.73 Å². The first kappa shape index (κ1) is 13.7. The van der Waals surface area contributed by atoms with Crippen LogP contribution in [0.15, 0.2) is 0 Å². The molecular weight excluding hydrogens is 198 g/mol. The molecular formula is C14H27NO. The molecule has 1 aliphatic rings. The minimum atomic E-state index is 0.223. The smallest absolute Gasteiger partial charge is 0.139 e. The van der Waals surface area contributed by atoms with Crippen LogP contribution in [0.25, 0.3) is 0 Å². The number of nitrogens with two attached hydrogens (primary N) is 1. The van der Waals surface area contributed by atoms with Crippen molar-refractivity contribution in [2.24, 2.45) is 23.5 Å². The molecule has 0 aromatic rings. The minimum absolute atomic E-state index is 0.223. The van der Waals surface area contributed by atoms with Gasteiger partial charge in [0.2, 0.25) is 0 Å². The van der Waals surface area contributed by atoms with Crippen molar-refractivity contribution in [3.05, 3.63) is 0 Å². The lowest BCUT2D eigenvalue weighted by Crippen LogP contribution is -2.31. The van der Waals surface area contributed by atoms with Gasteiger partial charge in [0, 0.05) is 11.8 Å². The molecule has 0 spiro atoms. The van der Waals surface area contributed by atoms with Gasteiger partial charge in [-0.25, -0.2) is 0 Å². The van der Waals surface area contributed by atoms with Gasteiger partial charge in [0.05, 0.1) is 0 Å². The van der Waals surface area contributed by atoms with E-state index in [2.05, 4.69) is 13.8 Å². The zero-order valence-corrected chi connectivity index (χ0v) is 10.9. The maximum Gasteiger partial charge on any atom is 0.139 e. The first-order chi connectivity index (χ1) is 7.70. The van der Waals surface area contributed by atoms with E-state index in [0.29, 0.717) is 24.2 Å². The molecule has 16 heavy (non-hydrogen) atoms. The van der Waals surface area contributed by atoms with Crippen LogP contribution >= 0.6 is 0 Å². The average Bonchev–Trinajstić information content (AvgIpc) is 2.34. The second kappa shape index (κ2) is 7.05. The predicted octanol–water partition coefficient (Wildman–Crippen LogP) is 3.15. The topological polar surface area (TPSA) is 43.1 Å². The molecule has 1 fully saturated rings. The van der Waals surface area contributed by atoms with Crippen LogP contribution in [0.2, 0.25) is 0 Å². The summed E-state index contributed by atoms with van der Waals surface area (Å²) in [5.74, 6) is 1.74. The number of hydrogen-bond donors (Lipinski definition) is 1. The summed E-state index contributed by atoms with van der Waals surface area (Å²) in [5, 5.41) is 0. The summed E-state index contributed by atoms with van der Waals surface area (Å²) >= 11 is 0. The van der Waals surface area contributed by atoms with Crippen molar-refractivity contribution in [2.75, 3.05) is 6.54 Å². The molecule has 0 saturated heterocycles. The van der Waals surface area contributed by atoms with Crippen molar-refractivity contribution < 1.29 is 4.79 Å². The van der Waals surface area contributed by atoms with Crippen molar-refractivity contribution in [2.45, 2.75) is 58.8 Å². The largest absolute Gasteiger partial charge is 0.330 e. The fourth-order valence-corrected chi connectivity index (χ4v) is 3.00. The molecule has 2 heteroatoms. The van der Waals surface area contributed by atoms with Crippen LogP contribution in [-0.4, -0.2) is 12.3 Å². The normalized spacial score (nSPS) is 27.7. The van der Waals surface area contributed by atoms with Crippen molar-refractivity contribution >= 4 is 5.78 Å². The van der Waals surface area contributed by atoms with Gasteiger partial charge in [-0.05, 0) is 38.1 Å². The van der Waals surface area contributed by atoms with Crippen molar-refractivity contribution in [3.63, 3.8) is 0 Å². The SMILES string of the molecule is CCC1CCCCC1C(=O)C(C)CCCN. The van der Waals surface area contributed by atoms with Crippen LogP contribution in [0.1, 0.15) is 58.8 Å². The molecule has 0 aliphatic heterocycles. The first-order valence-corrected chi connectivity index (χ1v) is 6.94. The Morgan fingerprint density at radius 1 is 1.38 bits per heavy atom. The molecule has 0 amide bonds. The molecule has 0 radical (unpaired) electrons. The van der Waals surface area contributed by atoms with Gasteiger partial charge < -0.3 is 5.73 Å². The van der Waals surface area contributed by atoms with E-state index in [0.717, 1.165) is 19.3 Å². The Morgan fingerprint density at radius 2 is 2.06 bits per heavy atom. The number of hydrogen-bond acceptors (Lipinski definition) is 2. The van der Waals surface area contributed by atoms with E-state index in [9.17, 15) is 4.79 Å². The predicted molar refractivity (Wildman–Crippen MR) is 68.2 cm³/mol. The lowest BCUT2D eigenvalue weighted by atomic mass is 9.73. The van der Waals surface area contributed by atoms with E-state index in [1.165, 1.54) is 25.7 Å². The Bertz CT molecular complexity index is 215. The number of rotatable bonds is 6. The Labute approximate surface area is 100.0 Å². The zero-order chi connectivity index (χ0) is 12.0. The first-order valence-electron chi connectivity index (χ1n) is 6.94. The molecule has 0 aromatic heterocycles. The zero-order valence-electron chi connectivity index (χ0n) is 10.9. The third kappa shape index (κ3) is 3.58. The number of ketones is 1. The van der Waals surface area contributed by atoms with Crippen LogP contribution in [0, 0.1) is 17.8 Å². The molecule has 1 aliphatic carbocycles. The van der Waals surface area contributed by atoms with Crippen molar-refractivity contribution in [1.29, 1.82) is 0 Å². The Balaban J connectivity index is 2.49. The van der Waals surface area contributed by atoms with Gasteiger partial charge in [-0.3, -0.25) is 4.79 Å². The molecule has 3 atom stereocenters. The number of carbonyl (C=O) groups excluding carboxylic acids is 1. The fourth-order valence-electron chi connectivity index (χ4n) is 3.00. The maximum absolute atomic E-state index is 12.3. The molecule has 1 saturated carbocycles. The summed E-state index contributed by atoms with van der Waals surface area (Å²) in [6.45, 7) is 5.01. The van der Waals surface area contributed by atoms with E-state index < -0.39 is 0 Å². The molecule has 3 unspecified atom stereocenters.